The first-order chi connectivity index (χ1) is 11.6. The summed E-state index contributed by atoms with van der Waals surface area (Å²) in [6.45, 7) is 1.22. The molecular weight excluding hydrogens is 308 g/mol. The summed E-state index contributed by atoms with van der Waals surface area (Å²) in [6, 6.07) is 3.53. The van der Waals surface area contributed by atoms with Crippen molar-refractivity contribution in [1.82, 2.24) is 19.4 Å². The van der Waals surface area contributed by atoms with Crippen molar-refractivity contribution >= 4 is 17.0 Å². The van der Waals surface area contributed by atoms with Gasteiger partial charge in [-0.2, -0.15) is 0 Å². The largest absolute Gasteiger partial charge is 0.463 e. The molecular formula is C17H20N4O3. The number of aryl methyl sites for hydroxylation is 1. The van der Waals surface area contributed by atoms with E-state index >= 15 is 0 Å². The predicted molar refractivity (Wildman–Crippen MR) is 87.4 cm³/mol. The van der Waals surface area contributed by atoms with Gasteiger partial charge in [-0.15, -0.1) is 0 Å². The second kappa shape index (κ2) is 5.83. The van der Waals surface area contributed by atoms with E-state index in [4.69, 9.17) is 4.42 Å². The number of hydrogen-bond donors (Lipinski definition) is 2. The van der Waals surface area contributed by atoms with Crippen molar-refractivity contribution in [2.45, 2.75) is 18.9 Å². The molecule has 1 saturated heterocycles. The predicted octanol–water partition coefficient (Wildman–Crippen LogP) is 2.08. The van der Waals surface area contributed by atoms with Crippen molar-refractivity contribution in [3.05, 3.63) is 42.3 Å². The van der Waals surface area contributed by atoms with Crippen molar-refractivity contribution < 1.29 is 14.3 Å². The summed E-state index contributed by atoms with van der Waals surface area (Å²) >= 11 is 0. The van der Waals surface area contributed by atoms with Crippen LogP contribution in [0.15, 0.2) is 35.2 Å². The van der Waals surface area contributed by atoms with Gasteiger partial charge in [0.25, 0.3) is 5.91 Å². The molecule has 4 rings (SSSR count). The molecule has 3 aromatic rings. The molecule has 4 heterocycles. The van der Waals surface area contributed by atoms with E-state index in [-0.39, 0.29) is 11.8 Å². The van der Waals surface area contributed by atoms with Gasteiger partial charge in [-0.05, 0) is 12.8 Å². The number of rotatable bonds is 3. The summed E-state index contributed by atoms with van der Waals surface area (Å²) in [5.41, 5.74) is 2.02. The van der Waals surface area contributed by atoms with Crippen LogP contribution >= 0.6 is 0 Å². The Morgan fingerprint density at radius 2 is 2.42 bits per heavy atom. The molecule has 0 bridgehead atoms. The van der Waals surface area contributed by atoms with Crippen molar-refractivity contribution in [3.8, 4) is 0 Å². The van der Waals surface area contributed by atoms with Gasteiger partial charge in [0.1, 0.15) is 17.6 Å². The van der Waals surface area contributed by atoms with Crippen LogP contribution in [0.3, 0.4) is 0 Å². The number of amides is 1. The number of likely N-dealkylation sites (tertiary alicyclic amines) is 1. The van der Waals surface area contributed by atoms with E-state index in [2.05, 4.69) is 9.97 Å². The van der Waals surface area contributed by atoms with Crippen LogP contribution in [-0.2, 0) is 7.05 Å². The zero-order chi connectivity index (χ0) is 16.7. The van der Waals surface area contributed by atoms with Crippen molar-refractivity contribution in [2.75, 3.05) is 13.1 Å². The third-order valence-corrected chi connectivity index (χ3v) is 4.78. The molecule has 2 atom stereocenters. The summed E-state index contributed by atoms with van der Waals surface area (Å²) in [6.07, 6.45) is 6.17. The van der Waals surface area contributed by atoms with Crippen LogP contribution in [0, 0.1) is 5.92 Å². The van der Waals surface area contributed by atoms with Crippen molar-refractivity contribution in [3.63, 3.8) is 0 Å². The number of carbonyl (C=O) groups excluding carboxylic acids is 1. The minimum Gasteiger partial charge on any atom is -0.463 e. The fourth-order valence-corrected chi connectivity index (χ4v) is 3.46. The van der Waals surface area contributed by atoms with Crippen LogP contribution in [0.2, 0.25) is 0 Å². The van der Waals surface area contributed by atoms with Gasteiger partial charge in [-0.3, -0.25) is 4.79 Å². The summed E-state index contributed by atoms with van der Waals surface area (Å²) in [5, 5.41) is 10.6. The zero-order valence-corrected chi connectivity index (χ0v) is 13.5. The summed E-state index contributed by atoms with van der Waals surface area (Å²) in [7, 11) is 1.87. The molecule has 2 unspecified atom stereocenters. The Morgan fingerprint density at radius 3 is 3.17 bits per heavy atom. The average molecular weight is 328 g/mol. The number of hydrogen-bond acceptors (Lipinski definition) is 4. The number of aromatic amines is 1. The van der Waals surface area contributed by atoms with Crippen LogP contribution in [0.1, 0.15) is 35.3 Å². The van der Waals surface area contributed by atoms with Gasteiger partial charge in [-0.1, -0.05) is 0 Å². The number of aliphatic hydroxyl groups is 1. The highest BCUT2D eigenvalue weighted by Gasteiger charge is 2.32. The molecule has 1 aliphatic rings. The standard InChI is InChI=1S/C17H20N4O3/c1-20-7-5-18-16(20)15(22)11-3-2-6-21(10-11)17(23)13-9-14-12(19-13)4-8-24-14/h4-5,7-9,11,15,19,22H,2-3,6,10H2,1H3. The minimum absolute atomic E-state index is 0.0123. The number of nitrogens with one attached hydrogen (secondary N) is 1. The van der Waals surface area contributed by atoms with E-state index in [9.17, 15) is 9.90 Å². The second-order valence-electron chi connectivity index (χ2n) is 6.38. The van der Waals surface area contributed by atoms with Gasteiger partial charge < -0.3 is 24.0 Å². The van der Waals surface area contributed by atoms with Crippen molar-refractivity contribution in [1.29, 1.82) is 0 Å². The number of H-pyrrole nitrogens is 1. The summed E-state index contributed by atoms with van der Waals surface area (Å²) in [4.78, 5) is 21.9. The number of piperidine rings is 1. The maximum Gasteiger partial charge on any atom is 0.270 e. The van der Waals surface area contributed by atoms with Crippen LogP contribution in [-0.4, -0.2) is 43.5 Å². The number of carbonyl (C=O) groups is 1. The van der Waals surface area contributed by atoms with Crippen LogP contribution in [0.5, 0.6) is 0 Å². The Bertz CT molecular complexity index is 834. The van der Waals surface area contributed by atoms with Gasteiger partial charge in [0.2, 0.25) is 0 Å². The number of aliphatic hydroxyl groups excluding tert-OH is 1. The number of fused-ring (bicyclic) bond motifs is 1. The van der Waals surface area contributed by atoms with E-state index in [1.807, 2.05) is 17.8 Å². The first-order valence-corrected chi connectivity index (χ1v) is 8.14. The third kappa shape index (κ3) is 2.50. The van der Waals surface area contributed by atoms with Gasteiger partial charge >= 0.3 is 0 Å². The molecule has 126 valence electrons. The smallest absolute Gasteiger partial charge is 0.270 e. The van der Waals surface area contributed by atoms with Gasteiger partial charge in [-0.25, -0.2) is 4.98 Å². The second-order valence-corrected chi connectivity index (χ2v) is 6.38. The Hall–Kier alpha value is -2.54. The molecule has 1 amide bonds. The molecule has 7 heteroatoms. The SMILES string of the molecule is Cn1ccnc1C(O)C1CCCN(C(=O)c2cc3occc3[nH]2)C1. The average Bonchev–Trinajstić information content (AvgIpc) is 3.29. The van der Waals surface area contributed by atoms with Crippen LogP contribution < -0.4 is 0 Å². The minimum atomic E-state index is -0.666. The molecule has 7 nitrogen and oxygen atoms in total. The monoisotopic (exact) mass is 328 g/mol. The van der Waals surface area contributed by atoms with E-state index in [0.717, 1.165) is 18.4 Å². The molecule has 0 spiro atoms. The van der Waals surface area contributed by atoms with E-state index in [0.29, 0.717) is 30.2 Å². The lowest BCUT2D eigenvalue weighted by atomic mass is 9.91. The summed E-state index contributed by atoms with van der Waals surface area (Å²) in [5.74, 6) is 0.576. The first kappa shape index (κ1) is 15.0. The van der Waals surface area contributed by atoms with E-state index < -0.39 is 6.10 Å². The molecule has 3 aromatic heterocycles. The van der Waals surface area contributed by atoms with Gasteiger partial charge in [0, 0.05) is 50.6 Å². The van der Waals surface area contributed by atoms with Crippen molar-refractivity contribution in [2.24, 2.45) is 13.0 Å². The normalized spacial score (nSPS) is 19.8. The molecule has 1 aliphatic heterocycles. The molecule has 1 fully saturated rings. The fourth-order valence-electron chi connectivity index (χ4n) is 3.46. The first-order valence-electron chi connectivity index (χ1n) is 8.14. The maximum absolute atomic E-state index is 12.7. The molecule has 0 aliphatic carbocycles. The number of nitrogens with zero attached hydrogens (tertiary/aromatic N) is 3. The molecule has 0 radical (unpaired) electrons. The van der Waals surface area contributed by atoms with E-state index in [1.165, 1.54) is 0 Å². The highest BCUT2D eigenvalue weighted by Crippen LogP contribution is 2.29. The quantitative estimate of drug-likeness (QED) is 0.770. The highest BCUT2D eigenvalue weighted by atomic mass is 16.3. The highest BCUT2D eigenvalue weighted by molar-refractivity contribution is 5.96. The number of imidazole rings is 1. The number of aromatic nitrogens is 3. The maximum atomic E-state index is 12.7. The van der Waals surface area contributed by atoms with Crippen LogP contribution in [0.4, 0.5) is 0 Å². The third-order valence-electron chi connectivity index (χ3n) is 4.78. The Balaban J connectivity index is 1.51. The topological polar surface area (TPSA) is 87.3 Å². The molecule has 0 aromatic carbocycles. The van der Waals surface area contributed by atoms with Gasteiger partial charge in [0.05, 0.1) is 11.8 Å². The number of furan rings is 1. The molecule has 24 heavy (non-hydrogen) atoms. The van der Waals surface area contributed by atoms with E-state index in [1.54, 1.807) is 29.5 Å². The zero-order valence-electron chi connectivity index (χ0n) is 13.5. The molecule has 0 saturated carbocycles. The lowest BCUT2D eigenvalue weighted by molar-refractivity contribution is 0.0355. The summed E-state index contributed by atoms with van der Waals surface area (Å²) < 4.78 is 7.13. The Morgan fingerprint density at radius 1 is 1.54 bits per heavy atom. The Labute approximate surface area is 138 Å². The fraction of sp³-hybridized carbons (Fsp3) is 0.412. The lowest BCUT2D eigenvalue weighted by Gasteiger charge is -2.34. The lowest BCUT2D eigenvalue weighted by Crippen LogP contribution is -2.42. The Kier molecular flexibility index (Phi) is 3.65. The molecule has 2 N–H and O–H groups in total. The van der Waals surface area contributed by atoms with Crippen LogP contribution in [0.25, 0.3) is 11.1 Å². The van der Waals surface area contributed by atoms with Gasteiger partial charge in [0.15, 0.2) is 5.58 Å².